The van der Waals surface area contributed by atoms with E-state index in [0.717, 1.165) is 33.8 Å². The van der Waals surface area contributed by atoms with Gasteiger partial charge in [-0.15, -0.1) is 0 Å². The molecule has 1 unspecified atom stereocenters. The zero-order valence-electron chi connectivity index (χ0n) is 20.5. The Kier molecular flexibility index (Phi) is 7.05. The molecule has 0 spiro atoms. The van der Waals surface area contributed by atoms with Crippen molar-refractivity contribution in [2.24, 2.45) is 0 Å². The number of rotatable bonds is 8. The zero-order chi connectivity index (χ0) is 24.9. The molecular formula is C26H29N7O2. The maximum atomic E-state index is 12.9. The molecule has 1 aromatic carbocycles. The summed E-state index contributed by atoms with van der Waals surface area (Å²) in [5.74, 6) is 2.39. The van der Waals surface area contributed by atoms with Crippen LogP contribution in [-0.2, 0) is 0 Å². The van der Waals surface area contributed by atoms with Crippen LogP contribution in [0.25, 0.3) is 11.4 Å². The molecular weight excluding hydrogens is 442 g/mol. The van der Waals surface area contributed by atoms with Gasteiger partial charge in [0.2, 0.25) is 0 Å². The number of nitrogens with zero attached hydrogens (tertiary/aromatic N) is 4. The lowest BCUT2D eigenvalue weighted by molar-refractivity contribution is 0.0934. The van der Waals surface area contributed by atoms with Crippen LogP contribution in [0, 0.1) is 20.8 Å². The van der Waals surface area contributed by atoms with Gasteiger partial charge in [-0.3, -0.25) is 14.9 Å². The molecule has 3 aromatic heterocycles. The highest BCUT2D eigenvalue weighted by Crippen LogP contribution is 2.22. The second-order valence-corrected chi connectivity index (χ2v) is 8.37. The average molecular weight is 472 g/mol. The van der Waals surface area contributed by atoms with Crippen molar-refractivity contribution in [2.45, 2.75) is 40.7 Å². The summed E-state index contributed by atoms with van der Waals surface area (Å²) in [5.41, 5.74) is 4.56. The molecule has 0 radical (unpaired) electrons. The Morgan fingerprint density at radius 2 is 1.83 bits per heavy atom. The van der Waals surface area contributed by atoms with Crippen molar-refractivity contribution in [1.29, 1.82) is 0 Å². The Morgan fingerprint density at radius 3 is 2.49 bits per heavy atom. The van der Waals surface area contributed by atoms with E-state index in [1.54, 1.807) is 6.20 Å². The zero-order valence-corrected chi connectivity index (χ0v) is 20.5. The second kappa shape index (κ2) is 10.3. The van der Waals surface area contributed by atoms with Crippen molar-refractivity contribution in [3.63, 3.8) is 0 Å². The van der Waals surface area contributed by atoms with E-state index >= 15 is 0 Å². The number of carbonyl (C=O) groups excluding carboxylic acids is 1. The van der Waals surface area contributed by atoms with Gasteiger partial charge in [0.1, 0.15) is 17.3 Å². The SMILES string of the molecule is CCOc1ccc(C(C)NC(=O)c2ncc(-c3nc(C)cc(Nc4cc(C)[nH]n4)n3)cc2C)cc1. The predicted molar refractivity (Wildman–Crippen MR) is 135 cm³/mol. The maximum Gasteiger partial charge on any atom is 0.270 e. The smallest absolute Gasteiger partial charge is 0.270 e. The number of hydrogen-bond acceptors (Lipinski definition) is 7. The predicted octanol–water partition coefficient (Wildman–Crippen LogP) is 4.82. The van der Waals surface area contributed by atoms with Gasteiger partial charge in [-0.1, -0.05) is 12.1 Å². The number of benzene rings is 1. The molecule has 0 saturated carbocycles. The summed E-state index contributed by atoms with van der Waals surface area (Å²) in [6.45, 7) is 10.2. The first-order chi connectivity index (χ1) is 16.8. The van der Waals surface area contributed by atoms with E-state index in [0.29, 0.717) is 29.8 Å². The van der Waals surface area contributed by atoms with Crippen LogP contribution >= 0.6 is 0 Å². The van der Waals surface area contributed by atoms with E-state index in [1.165, 1.54) is 0 Å². The van der Waals surface area contributed by atoms with Gasteiger partial charge < -0.3 is 15.4 Å². The Hall–Kier alpha value is -4.27. The minimum absolute atomic E-state index is 0.182. The minimum atomic E-state index is -0.239. The highest BCUT2D eigenvalue weighted by atomic mass is 16.5. The van der Waals surface area contributed by atoms with Gasteiger partial charge in [0.25, 0.3) is 5.91 Å². The molecule has 0 bridgehead atoms. The Bertz CT molecular complexity index is 1330. The van der Waals surface area contributed by atoms with E-state index in [1.807, 2.05) is 77.1 Å². The molecule has 1 amide bonds. The molecule has 9 nitrogen and oxygen atoms in total. The van der Waals surface area contributed by atoms with Crippen LogP contribution in [-0.4, -0.2) is 37.7 Å². The number of ether oxygens (including phenoxy) is 1. The second-order valence-electron chi connectivity index (χ2n) is 8.37. The largest absolute Gasteiger partial charge is 0.494 e. The van der Waals surface area contributed by atoms with Gasteiger partial charge >= 0.3 is 0 Å². The molecule has 0 aliphatic carbocycles. The molecule has 35 heavy (non-hydrogen) atoms. The molecule has 3 heterocycles. The fraction of sp³-hybridized carbons (Fsp3) is 0.269. The number of hydrogen-bond donors (Lipinski definition) is 3. The summed E-state index contributed by atoms with van der Waals surface area (Å²) in [4.78, 5) is 26.5. The fourth-order valence-electron chi connectivity index (χ4n) is 3.68. The highest BCUT2D eigenvalue weighted by molar-refractivity contribution is 5.94. The lowest BCUT2D eigenvalue weighted by Crippen LogP contribution is -2.28. The van der Waals surface area contributed by atoms with Gasteiger partial charge in [0, 0.05) is 35.3 Å². The molecule has 0 saturated heterocycles. The molecule has 180 valence electrons. The molecule has 1 atom stereocenters. The first-order valence-electron chi connectivity index (χ1n) is 11.5. The number of pyridine rings is 1. The summed E-state index contributed by atoms with van der Waals surface area (Å²) >= 11 is 0. The van der Waals surface area contributed by atoms with Crippen LogP contribution in [0.15, 0.2) is 48.7 Å². The number of H-pyrrole nitrogens is 1. The van der Waals surface area contributed by atoms with E-state index in [4.69, 9.17) is 4.74 Å². The minimum Gasteiger partial charge on any atom is -0.494 e. The van der Waals surface area contributed by atoms with Crippen LogP contribution in [0.4, 0.5) is 11.6 Å². The van der Waals surface area contributed by atoms with Crippen molar-refractivity contribution in [1.82, 2.24) is 30.5 Å². The Balaban J connectivity index is 1.49. The summed E-state index contributed by atoms with van der Waals surface area (Å²) in [5, 5.41) is 13.3. The van der Waals surface area contributed by atoms with Crippen molar-refractivity contribution < 1.29 is 9.53 Å². The number of aryl methyl sites for hydroxylation is 3. The summed E-state index contributed by atoms with van der Waals surface area (Å²) < 4.78 is 5.48. The fourth-order valence-corrected chi connectivity index (χ4v) is 3.68. The van der Waals surface area contributed by atoms with Crippen molar-refractivity contribution in [3.8, 4) is 17.1 Å². The number of aromatic amines is 1. The molecule has 0 aliphatic heterocycles. The molecule has 3 N–H and O–H groups in total. The normalized spacial score (nSPS) is 11.7. The van der Waals surface area contributed by atoms with Crippen LogP contribution in [0.2, 0.25) is 0 Å². The number of aromatic nitrogens is 5. The molecule has 4 aromatic rings. The number of amides is 1. The van der Waals surface area contributed by atoms with Crippen molar-refractivity contribution in [3.05, 3.63) is 76.9 Å². The molecule has 9 heteroatoms. The number of carbonyl (C=O) groups is 1. The molecule has 0 fully saturated rings. The van der Waals surface area contributed by atoms with Crippen molar-refractivity contribution >= 4 is 17.5 Å². The number of anilines is 2. The third kappa shape index (κ3) is 5.81. The summed E-state index contributed by atoms with van der Waals surface area (Å²) in [6, 6.07) is 13.1. The molecule has 4 rings (SSSR count). The van der Waals surface area contributed by atoms with Gasteiger partial charge in [-0.05, 0) is 63.9 Å². The van der Waals surface area contributed by atoms with Crippen molar-refractivity contribution in [2.75, 3.05) is 11.9 Å². The molecule has 0 aliphatic rings. The quantitative estimate of drug-likeness (QED) is 0.337. The van der Waals surface area contributed by atoms with Crippen LogP contribution in [0.3, 0.4) is 0 Å². The van der Waals surface area contributed by atoms with E-state index in [-0.39, 0.29) is 11.9 Å². The van der Waals surface area contributed by atoms with Crippen LogP contribution in [0.5, 0.6) is 5.75 Å². The maximum absolute atomic E-state index is 12.9. The monoisotopic (exact) mass is 471 g/mol. The summed E-state index contributed by atoms with van der Waals surface area (Å²) in [6.07, 6.45) is 1.63. The number of nitrogens with one attached hydrogen (secondary N) is 3. The third-order valence-corrected chi connectivity index (χ3v) is 5.41. The topological polar surface area (TPSA) is 118 Å². The van der Waals surface area contributed by atoms with Gasteiger partial charge in [-0.2, -0.15) is 5.10 Å². The summed E-state index contributed by atoms with van der Waals surface area (Å²) in [7, 11) is 0. The standard InChI is InChI=1S/C26H29N7O2/c1-6-35-21-9-7-19(8-10-21)18(5)29-26(34)24-15(2)11-20(14-27-24)25-28-16(3)12-22(31-25)30-23-13-17(4)32-33-23/h7-14,18H,6H2,1-5H3,(H,29,34)(H2,28,30,31,32,33). The third-order valence-electron chi connectivity index (χ3n) is 5.41. The highest BCUT2D eigenvalue weighted by Gasteiger charge is 2.17. The van der Waals surface area contributed by atoms with Gasteiger partial charge in [-0.25, -0.2) is 9.97 Å². The first kappa shape index (κ1) is 23.9. The lowest BCUT2D eigenvalue weighted by Gasteiger charge is -2.16. The van der Waals surface area contributed by atoms with E-state index in [2.05, 4.69) is 35.8 Å². The van der Waals surface area contributed by atoms with E-state index in [9.17, 15) is 4.79 Å². The van der Waals surface area contributed by atoms with Crippen LogP contribution in [0.1, 0.15) is 52.9 Å². The Labute approximate surface area is 204 Å². The average Bonchev–Trinajstić information content (AvgIpc) is 3.23. The van der Waals surface area contributed by atoms with Gasteiger partial charge in [0.15, 0.2) is 11.6 Å². The van der Waals surface area contributed by atoms with Crippen LogP contribution < -0.4 is 15.4 Å². The lowest BCUT2D eigenvalue weighted by atomic mass is 10.1. The van der Waals surface area contributed by atoms with E-state index < -0.39 is 0 Å². The van der Waals surface area contributed by atoms with Gasteiger partial charge in [0.05, 0.1) is 12.6 Å². The Morgan fingerprint density at radius 1 is 1.06 bits per heavy atom. The first-order valence-corrected chi connectivity index (χ1v) is 11.5.